The number of rotatable bonds is 59. The van der Waals surface area contributed by atoms with E-state index in [0.29, 0.717) is 25.9 Å². The van der Waals surface area contributed by atoms with Crippen molar-refractivity contribution >= 4 is 11.8 Å². The first-order chi connectivity index (χ1) is 36.8. The Kier molecular flexibility index (Phi) is 65.1. The van der Waals surface area contributed by atoms with Gasteiger partial charge in [-0.25, -0.2) is 0 Å². The lowest BCUT2D eigenvalue weighted by atomic mass is 10.0. The highest BCUT2D eigenvalue weighted by atomic mass is 16.3. The maximum absolute atomic E-state index is 12.8. The second-order valence-electron chi connectivity index (χ2n) is 22.8. The lowest BCUT2D eigenvalue weighted by molar-refractivity contribution is -0.133. The van der Waals surface area contributed by atoms with Crippen LogP contribution in [0.4, 0.5) is 0 Å². The van der Waals surface area contributed by atoms with E-state index < -0.39 is 12.2 Å². The van der Waals surface area contributed by atoms with Crippen molar-refractivity contribution in [1.82, 2.24) is 9.80 Å². The SMILES string of the molecule is CCCCCCCCC=CCC(=O)N(CCCCCCCCCCCCCCCC)CC(O)CO.CCCCCCCCCCCCC=CCCC(=O)N(CCCCCCCCCCCCCCCC)CC(O)CO. The standard InChI is InChI=1S/C36H71NO3.C31H61NO3/c1-3-5-7-9-11-13-15-17-19-21-23-25-27-29-31-36(40)37(33-35(39)34-38)32-30-28-26-24-22-20-18-16-14-12-10-8-6-4-2;1-3-5-7-9-11-13-14-15-16-17-19-21-23-25-27-32(28-30(34)29-33)31(35)26-24-22-20-18-12-10-8-6-4-2/h25,27,35,38-39H,3-24,26,28-34H2,1-2H3;22,24,30,33-34H,3-21,23,25-29H2,1-2H3. The molecule has 8 heteroatoms. The summed E-state index contributed by atoms with van der Waals surface area (Å²) >= 11 is 0. The first-order valence-corrected chi connectivity index (χ1v) is 33.2. The molecule has 2 amide bonds. The van der Waals surface area contributed by atoms with E-state index in [1.807, 2.05) is 6.08 Å². The zero-order valence-corrected chi connectivity index (χ0v) is 50.9. The van der Waals surface area contributed by atoms with Crippen LogP contribution < -0.4 is 0 Å². The van der Waals surface area contributed by atoms with Crippen LogP contribution in [0.3, 0.4) is 0 Å². The summed E-state index contributed by atoms with van der Waals surface area (Å²) < 4.78 is 0. The van der Waals surface area contributed by atoms with Gasteiger partial charge in [0.05, 0.1) is 25.4 Å². The minimum absolute atomic E-state index is 0.0615. The molecule has 4 N–H and O–H groups in total. The topological polar surface area (TPSA) is 122 Å². The number of nitrogens with zero attached hydrogens (tertiary/aromatic N) is 2. The van der Waals surface area contributed by atoms with Crippen molar-refractivity contribution in [2.45, 2.75) is 355 Å². The third kappa shape index (κ3) is 59.8. The van der Waals surface area contributed by atoms with Crippen molar-refractivity contribution in [3.8, 4) is 0 Å². The van der Waals surface area contributed by atoms with Gasteiger partial charge in [-0.05, 0) is 44.9 Å². The normalized spacial score (nSPS) is 12.4. The van der Waals surface area contributed by atoms with Crippen molar-refractivity contribution in [1.29, 1.82) is 0 Å². The Morgan fingerprint density at radius 2 is 0.560 bits per heavy atom. The van der Waals surface area contributed by atoms with E-state index in [2.05, 4.69) is 45.9 Å². The highest BCUT2D eigenvalue weighted by Gasteiger charge is 2.17. The van der Waals surface area contributed by atoms with Crippen molar-refractivity contribution in [3.05, 3.63) is 24.3 Å². The van der Waals surface area contributed by atoms with Crippen molar-refractivity contribution in [2.24, 2.45) is 0 Å². The Bertz CT molecular complexity index is 1180. The molecule has 0 radical (unpaired) electrons. The fourth-order valence-corrected chi connectivity index (χ4v) is 10.1. The molecule has 0 aromatic heterocycles. The number of carbonyl (C=O) groups is 2. The Hall–Kier alpha value is -1.74. The summed E-state index contributed by atoms with van der Waals surface area (Å²) in [5.74, 6) is 0.164. The largest absolute Gasteiger partial charge is 0.394 e. The predicted octanol–water partition coefficient (Wildman–Crippen LogP) is 18.6. The van der Waals surface area contributed by atoms with Gasteiger partial charge in [0.2, 0.25) is 11.8 Å². The molecule has 2 unspecified atom stereocenters. The molecule has 0 aromatic carbocycles. The fourth-order valence-electron chi connectivity index (χ4n) is 10.1. The smallest absolute Gasteiger partial charge is 0.226 e. The molecule has 0 aliphatic rings. The Morgan fingerprint density at radius 1 is 0.320 bits per heavy atom. The summed E-state index contributed by atoms with van der Waals surface area (Å²) in [5, 5.41) is 38.3. The summed E-state index contributed by atoms with van der Waals surface area (Å²) in [7, 11) is 0. The lowest BCUT2D eigenvalue weighted by Gasteiger charge is -2.24. The minimum Gasteiger partial charge on any atom is -0.394 e. The zero-order valence-electron chi connectivity index (χ0n) is 50.9. The molecule has 8 nitrogen and oxygen atoms in total. The minimum atomic E-state index is -0.849. The van der Waals surface area contributed by atoms with Crippen LogP contribution in [0.2, 0.25) is 0 Å². The first-order valence-electron chi connectivity index (χ1n) is 33.2. The van der Waals surface area contributed by atoms with E-state index in [4.69, 9.17) is 0 Å². The number of carbonyl (C=O) groups excluding carboxylic acids is 2. The summed E-state index contributed by atoms with van der Waals surface area (Å²) in [4.78, 5) is 28.9. The number of unbranched alkanes of at least 4 members (excludes halogenated alkanes) is 42. The van der Waals surface area contributed by atoms with Crippen LogP contribution in [0.25, 0.3) is 0 Å². The molecule has 0 rings (SSSR count). The van der Waals surface area contributed by atoms with E-state index in [9.17, 15) is 30.0 Å². The van der Waals surface area contributed by atoms with Crippen LogP contribution in [0.15, 0.2) is 24.3 Å². The number of amides is 2. The summed E-state index contributed by atoms with van der Waals surface area (Å²) in [6.07, 6.45) is 68.8. The first kappa shape index (κ1) is 75.3. The van der Waals surface area contributed by atoms with Crippen LogP contribution in [-0.2, 0) is 9.59 Å². The van der Waals surface area contributed by atoms with Crippen molar-refractivity contribution < 1.29 is 30.0 Å². The summed E-state index contributed by atoms with van der Waals surface area (Å²) in [5.41, 5.74) is 0. The summed E-state index contributed by atoms with van der Waals surface area (Å²) in [6, 6.07) is 0. The van der Waals surface area contributed by atoms with Gasteiger partial charge in [0, 0.05) is 39.0 Å². The number of aliphatic hydroxyl groups excluding tert-OH is 4. The molecule has 0 aliphatic carbocycles. The van der Waals surface area contributed by atoms with E-state index in [1.54, 1.807) is 9.80 Å². The van der Waals surface area contributed by atoms with Gasteiger partial charge in [-0.15, -0.1) is 0 Å². The third-order valence-corrected chi connectivity index (χ3v) is 15.2. The molecule has 0 heterocycles. The number of hydrogen-bond acceptors (Lipinski definition) is 6. The molecule has 446 valence electrons. The molecule has 75 heavy (non-hydrogen) atoms. The van der Waals surface area contributed by atoms with Crippen molar-refractivity contribution in [2.75, 3.05) is 39.4 Å². The molecule has 0 aromatic rings. The number of hydrogen-bond donors (Lipinski definition) is 4. The van der Waals surface area contributed by atoms with E-state index in [0.717, 1.165) is 44.9 Å². The van der Waals surface area contributed by atoms with E-state index in [-0.39, 0.29) is 38.1 Å². The maximum atomic E-state index is 12.8. The van der Waals surface area contributed by atoms with E-state index >= 15 is 0 Å². The average Bonchev–Trinajstić information content (AvgIpc) is 3.41. The number of allylic oxidation sites excluding steroid dienone is 3. The van der Waals surface area contributed by atoms with Gasteiger partial charge in [-0.2, -0.15) is 0 Å². The van der Waals surface area contributed by atoms with Gasteiger partial charge >= 0.3 is 0 Å². The van der Waals surface area contributed by atoms with Crippen LogP contribution in [0.1, 0.15) is 342 Å². The Balaban J connectivity index is 0. The quantitative estimate of drug-likeness (QED) is 0.0356. The van der Waals surface area contributed by atoms with Gasteiger partial charge in [0.1, 0.15) is 0 Å². The lowest BCUT2D eigenvalue weighted by Crippen LogP contribution is -2.39. The predicted molar refractivity (Wildman–Crippen MR) is 327 cm³/mol. The van der Waals surface area contributed by atoms with Crippen molar-refractivity contribution in [3.63, 3.8) is 0 Å². The van der Waals surface area contributed by atoms with Crippen LogP contribution in [0, 0.1) is 0 Å². The van der Waals surface area contributed by atoms with Gasteiger partial charge < -0.3 is 30.2 Å². The van der Waals surface area contributed by atoms with Crippen LogP contribution in [-0.4, -0.2) is 93.6 Å². The number of aliphatic hydroxyl groups is 4. The highest BCUT2D eigenvalue weighted by Crippen LogP contribution is 2.17. The Morgan fingerprint density at radius 3 is 0.853 bits per heavy atom. The molecule has 0 aliphatic heterocycles. The van der Waals surface area contributed by atoms with Crippen LogP contribution >= 0.6 is 0 Å². The zero-order chi connectivity index (χ0) is 55.2. The fraction of sp³-hybridized carbons (Fsp3) is 0.910. The van der Waals surface area contributed by atoms with Crippen LogP contribution in [0.5, 0.6) is 0 Å². The van der Waals surface area contributed by atoms with Gasteiger partial charge in [0.25, 0.3) is 0 Å². The molecule has 2 atom stereocenters. The molecule has 0 fully saturated rings. The van der Waals surface area contributed by atoms with Gasteiger partial charge in [-0.3, -0.25) is 9.59 Å². The monoisotopic (exact) mass is 1060 g/mol. The van der Waals surface area contributed by atoms with E-state index in [1.165, 1.54) is 257 Å². The highest BCUT2D eigenvalue weighted by molar-refractivity contribution is 5.77. The maximum Gasteiger partial charge on any atom is 0.226 e. The molecule has 0 bridgehead atoms. The average molecular weight is 1060 g/mol. The second-order valence-corrected chi connectivity index (χ2v) is 22.8. The third-order valence-electron chi connectivity index (χ3n) is 15.2. The molecule has 0 saturated heterocycles. The molecule has 0 saturated carbocycles. The Labute approximate surface area is 467 Å². The molecule has 0 spiro atoms. The van der Waals surface area contributed by atoms with Gasteiger partial charge in [-0.1, -0.05) is 309 Å². The second kappa shape index (κ2) is 64.8. The molecular weight excluding hydrogens is 929 g/mol. The summed E-state index contributed by atoms with van der Waals surface area (Å²) in [6.45, 7) is 10.3. The molecular formula is C67H132N2O6. The van der Waals surface area contributed by atoms with Gasteiger partial charge in [0.15, 0.2) is 0 Å².